The van der Waals surface area contributed by atoms with Crippen LogP contribution in [-0.2, 0) is 14.8 Å². The minimum Gasteiger partial charge on any atom is -0.480 e. The van der Waals surface area contributed by atoms with Crippen LogP contribution in [0.4, 0.5) is 11.5 Å². The summed E-state index contributed by atoms with van der Waals surface area (Å²) in [7, 11) is -3.92. The van der Waals surface area contributed by atoms with Gasteiger partial charge < -0.3 is 9.84 Å². The molecule has 2 aromatic carbocycles. The molecule has 0 bridgehead atoms. The number of carbonyl (C=O) groups excluding carboxylic acids is 1. The molecule has 5 N–H and O–H groups in total. The van der Waals surface area contributed by atoms with Crippen LogP contribution in [0, 0.1) is 0 Å². The van der Waals surface area contributed by atoms with Gasteiger partial charge in [-0.1, -0.05) is 18.2 Å². The predicted octanol–water partition coefficient (Wildman–Crippen LogP) is 1.32. The molecule has 152 valence electrons. The Morgan fingerprint density at radius 3 is 2.43 bits per heavy atom. The Morgan fingerprint density at radius 1 is 1.03 bits per heavy atom. The van der Waals surface area contributed by atoms with Crippen LogP contribution in [-0.4, -0.2) is 29.6 Å². The Bertz CT molecular complexity index is 1400. The zero-order valence-electron chi connectivity index (χ0n) is 15.1. The van der Waals surface area contributed by atoms with Gasteiger partial charge in [-0.25, -0.2) is 13.6 Å². The van der Waals surface area contributed by atoms with Gasteiger partial charge in [-0.2, -0.15) is 0 Å². The summed E-state index contributed by atoms with van der Waals surface area (Å²) in [6.45, 7) is 0. The number of anilines is 2. The van der Waals surface area contributed by atoms with Crippen LogP contribution < -0.4 is 20.3 Å². The maximum Gasteiger partial charge on any atom is 0.292 e. The zero-order valence-corrected chi connectivity index (χ0v) is 15.9. The third kappa shape index (κ3) is 2.49. The largest absolute Gasteiger partial charge is 0.480 e. The number of amides is 1. The number of nitrogens with one attached hydrogen (secondary N) is 2. The van der Waals surface area contributed by atoms with E-state index in [1.54, 1.807) is 24.3 Å². The lowest BCUT2D eigenvalue weighted by Gasteiger charge is -2.35. The van der Waals surface area contributed by atoms with E-state index >= 15 is 0 Å². The first-order valence-electron chi connectivity index (χ1n) is 8.75. The topological polar surface area (TPSA) is 159 Å². The molecule has 0 fully saturated rings. The van der Waals surface area contributed by atoms with Crippen LogP contribution in [0.1, 0.15) is 17.0 Å². The Labute approximate surface area is 169 Å². The van der Waals surface area contributed by atoms with E-state index in [-0.39, 0.29) is 27.5 Å². The van der Waals surface area contributed by atoms with E-state index in [4.69, 9.17) is 9.88 Å². The third-order valence-electron chi connectivity index (χ3n) is 5.12. The summed E-state index contributed by atoms with van der Waals surface area (Å²) in [5.74, 6) is -1.52. The minimum atomic E-state index is -3.92. The fourth-order valence-electron chi connectivity index (χ4n) is 3.82. The number of sulfonamides is 1. The lowest BCUT2D eigenvalue weighted by atomic mass is 9.81. The summed E-state index contributed by atoms with van der Waals surface area (Å²) < 4.78 is 28.5. The fourth-order valence-corrected chi connectivity index (χ4v) is 4.34. The fraction of sp³-hybridized carbons (Fsp3) is 0.0526. The van der Waals surface area contributed by atoms with E-state index in [2.05, 4.69) is 10.2 Å². The number of hydrogen-bond acceptors (Lipinski definition) is 6. The second-order valence-electron chi connectivity index (χ2n) is 6.81. The molecule has 10 nitrogen and oxygen atoms in total. The van der Waals surface area contributed by atoms with Crippen molar-refractivity contribution in [3.8, 4) is 5.75 Å². The van der Waals surface area contributed by atoms with Crippen molar-refractivity contribution >= 4 is 27.4 Å². The zero-order chi connectivity index (χ0) is 21.2. The average Bonchev–Trinajstić information content (AvgIpc) is 3.08. The molecule has 1 amide bonds. The molecule has 0 radical (unpaired) electrons. The van der Waals surface area contributed by atoms with Crippen LogP contribution in [0.15, 0.2) is 69.7 Å². The minimum absolute atomic E-state index is 0.0955. The molecule has 0 saturated heterocycles. The van der Waals surface area contributed by atoms with Gasteiger partial charge in [-0.3, -0.25) is 24.7 Å². The lowest BCUT2D eigenvalue weighted by molar-refractivity contribution is -0.115. The molecule has 1 unspecified atom stereocenters. The standard InChI is InChI=1S/C19H14N4O6S/c20-30(27,28)10-7-5-9(6-8-10)23-16-14(17(24)22-21-16)13-11-3-1-2-4-12(11)29-19(26)15(13)18(23)25/h1-8,13,26H,(H2,20,27,28)(H2,21,22,24). The summed E-state index contributed by atoms with van der Waals surface area (Å²) in [5, 5.41) is 20.8. The summed E-state index contributed by atoms with van der Waals surface area (Å²) in [6, 6.07) is 12.0. The molecule has 11 heteroatoms. The van der Waals surface area contributed by atoms with Gasteiger partial charge in [0.25, 0.3) is 17.4 Å². The highest BCUT2D eigenvalue weighted by Crippen LogP contribution is 2.49. The van der Waals surface area contributed by atoms with Crippen molar-refractivity contribution in [2.75, 3.05) is 4.90 Å². The number of nitrogens with two attached hydrogens (primary N) is 1. The molecule has 0 saturated carbocycles. The molecule has 3 heterocycles. The maximum absolute atomic E-state index is 13.4. The first-order chi connectivity index (χ1) is 14.3. The van der Waals surface area contributed by atoms with Crippen molar-refractivity contribution in [1.29, 1.82) is 0 Å². The first kappa shape index (κ1) is 18.2. The molecule has 3 aromatic rings. The van der Waals surface area contributed by atoms with Gasteiger partial charge in [-0.15, -0.1) is 0 Å². The summed E-state index contributed by atoms with van der Waals surface area (Å²) in [6.07, 6.45) is 0. The highest BCUT2D eigenvalue weighted by molar-refractivity contribution is 7.89. The lowest BCUT2D eigenvalue weighted by Crippen LogP contribution is -2.39. The Morgan fingerprint density at radius 2 is 1.73 bits per heavy atom. The molecule has 30 heavy (non-hydrogen) atoms. The molecule has 5 rings (SSSR count). The average molecular weight is 426 g/mol. The quantitative estimate of drug-likeness (QED) is 0.484. The van der Waals surface area contributed by atoms with Crippen LogP contribution in [0.3, 0.4) is 0 Å². The van der Waals surface area contributed by atoms with Crippen LogP contribution >= 0.6 is 0 Å². The number of fused-ring (bicyclic) bond motifs is 5. The number of carbonyl (C=O) groups is 1. The second kappa shape index (κ2) is 6.08. The molecule has 1 atom stereocenters. The van der Waals surface area contributed by atoms with Gasteiger partial charge in [-0.05, 0) is 30.3 Å². The third-order valence-corrected chi connectivity index (χ3v) is 6.05. The molecular weight excluding hydrogens is 412 g/mol. The molecule has 0 spiro atoms. The number of benzene rings is 2. The van der Waals surface area contributed by atoms with Crippen molar-refractivity contribution in [2.45, 2.75) is 10.8 Å². The Balaban J connectivity index is 1.74. The van der Waals surface area contributed by atoms with Crippen molar-refractivity contribution in [3.05, 3.63) is 81.5 Å². The van der Waals surface area contributed by atoms with Gasteiger partial charge >= 0.3 is 0 Å². The van der Waals surface area contributed by atoms with Crippen molar-refractivity contribution in [2.24, 2.45) is 5.14 Å². The number of primary sulfonamides is 1. The van der Waals surface area contributed by atoms with Gasteiger partial charge in [0.1, 0.15) is 17.1 Å². The second-order valence-corrected chi connectivity index (χ2v) is 8.37. The highest BCUT2D eigenvalue weighted by atomic mass is 32.2. The van der Waals surface area contributed by atoms with E-state index in [0.29, 0.717) is 11.3 Å². The number of para-hydroxylation sites is 1. The summed E-state index contributed by atoms with van der Waals surface area (Å²) in [5.41, 5.74) is 0.496. The number of ether oxygens (including phenoxy) is 1. The number of aliphatic hydroxyl groups is 1. The number of hydrogen-bond donors (Lipinski definition) is 4. The molecular formula is C19H14N4O6S. The molecule has 2 aliphatic rings. The number of aromatic nitrogens is 2. The highest BCUT2D eigenvalue weighted by Gasteiger charge is 2.46. The SMILES string of the molecule is NS(=O)(=O)c1ccc(N2C(=O)C3=C(O)Oc4ccccc4C3c3c2[nH][nH]c3=O)cc1. The number of rotatable bonds is 2. The van der Waals surface area contributed by atoms with Crippen LogP contribution in [0.25, 0.3) is 0 Å². The van der Waals surface area contributed by atoms with E-state index in [0.717, 1.165) is 0 Å². The van der Waals surface area contributed by atoms with E-state index in [1.807, 2.05) is 0 Å². The first-order valence-corrected chi connectivity index (χ1v) is 10.3. The normalized spacial score (nSPS) is 17.8. The van der Waals surface area contributed by atoms with Crippen molar-refractivity contribution in [1.82, 2.24) is 10.2 Å². The van der Waals surface area contributed by atoms with Gasteiger partial charge in [0.2, 0.25) is 10.0 Å². The van der Waals surface area contributed by atoms with Gasteiger partial charge in [0.05, 0.1) is 22.1 Å². The Hall–Kier alpha value is -3.83. The Kier molecular flexibility index (Phi) is 3.69. The van der Waals surface area contributed by atoms with Gasteiger partial charge in [0, 0.05) is 5.56 Å². The number of H-pyrrole nitrogens is 2. The van der Waals surface area contributed by atoms with E-state index < -0.39 is 33.4 Å². The van der Waals surface area contributed by atoms with E-state index in [9.17, 15) is 23.1 Å². The molecule has 0 aliphatic carbocycles. The smallest absolute Gasteiger partial charge is 0.292 e. The molecule has 1 aromatic heterocycles. The van der Waals surface area contributed by atoms with Crippen LogP contribution in [0.5, 0.6) is 5.75 Å². The van der Waals surface area contributed by atoms with Crippen molar-refractivity contribution in [3.63, 3.8) is 0 Å². The van der Waals surface area contributed by atoms with Crippen molar-refractivity contribution < 1.29 is 23.1 Å². The number of nitrogens with zero attached hydrogens (tertiary/aromatic N) is 1. The van der Waals surface area contributed by atoms with E-state index in [1.165, 1.54) is 29.2 Å². The molecule has 2 aliphatic heterocycles. The number of aromatic amines is 2. The van der Waals surface area contributed by atoms with Gasteiger partial charge in [0.15, 0.2) is 0 Å². The monoisotopic (exact) mass is 426 g/mol. The number of aliphatic hydroxyl groups excluding tert-OH is 1. The van der Waals surface area contributed by atoms with Crippen LogP contribution in [0.2, 0.25) is 0 Å². The predicted molar refractivity (Wildman–Crippen MR) is 105 cm³/mol. The maximum atomic E-state index is 13.4. The summed E-state index contributed by atoms with van der Waals surface area (Å²) >= 11 is 0. The summed E-state index contributed by atoms with van der Waals surface area (Å²) in [4.78, 5) is 27.1.